The molecule has 2 N–H and O–H groups in total. The highest BCUT2D eigenvalue weighted by atomic mass is 16.5. The smallest absolute Gasteiger partial charge is 0.225 e. The van der Waals surface area contributed by atoms with E-state index in [0.717, 1.165) is 19.0 Å². The first-order valence-corrected chi connectivity index (χ1v) is 7.20. The molecule has 0 aliphatic carbocycles. The second-order valence-corrected chi connectivity index (χ2v) is 5.74. The lowest BCUT2D eigenvalue weighted by Crippen LogP contribution is -2.44. The monoisotopic (exact) mass is 272 g/mol. The average molecular weight is 272 g/mol. The third-order valence-electron chi connectivity index (χ3n) is 3.72. The molecule has 112 valence electrons. The first-order valence-electron chi connectivity index (χ1n) is 7.20. The molecule has 0 spiro atoms. The van der Waals surface area contributed by atoms with E-state index in [0.29, 0.717) is 19.7 Å². The summed E-state index contributed by atoms with van der Waals surface area (Å²) in [6.45, 7) is 7.55. The summed E-state index contributed by atoms with van der Waals surface area (Å²) < 4.78 is 4.93. The van der Waals surface area contributed by atoms with Crippen LogP contribution in [0.5, 0.6) is 0 Å². The number of hydrogen-bond acceptors (Lipinski definition) is 4. The van der Waals surface area contributed by atoms with Crippen molar-refractivity contribution >= 4 is 5.91 Å². The molecule has 0 aromatic rings. The number of piperidine rings is 1. The van der Waals surface area contributed by atoms with Gasteiger partial charge in [0.2, 0.25) is 5.91 Å². The van der Waals surface area contributed by atoms with Gasteiger partial charge in [0.05, 0.1) is 18.6 Å². The summed E-state index contributed by atoms with van der Waals surface area (Å²) in [5.41, 5.74) is 0. The van der Waals surface area contributed by atoms with Gasteiger partial charge in [0.1, 0.15) is 0 Å². The van der Waals surface area contributed by atoms with Crippen LogP contribution in [0.15, 0.2) is 0 Å². The Hall–Kier alpha value is -0.650. The number of ether oxygens (including phenoxy) is 1. The van der Waals surface area contributed by atoms with E-state index in [1.807, 2.05) is 6.92 Å². The van der Waals surface area contributed by atoms with Crippen LogP contribution in [-0.2, 0) is 9.53 Å². The molecule has 2 atom stereocenters. The third-order valence-corrected chi connectivity index (χ3v) is 3.72. The van der Waals surface area contributed by atoms with Gasteiger partial charge in [-0.25, -0.2) is 0 Å². The molecule has 1 aliphatic rings. The Labute approximate surface area is 116 Å². The largest absolute Gasteiger partial charge is 0.390 e. The molecule has 1 fully saturated rings. The Bertz CT molecular complexity index is 265. The van der Waals surface area contributed by atoms with Gasteiger partial charge >= 0.3 is 0 Å². The predicted molar refractivity (Wildman–Crippen MR) is 74.9 cm³/mol. The van der Waals surface area contributed by atoms with Crippen LogP contribution in [0.4, 0.5) is 0 Å². The van der Waals surface area contributed by atoms with Gasteiger partial charge in [0.15, 0.2) is 0 Å². The lowest BCUT2D eigenvalue weighted by atomic mass is 9.99. The summed E-state index contributed by atoms with van der Waals surface area (Å²) in [5, 5.41) is 12.7. The molecule has 0 aromatic carbocycles. The highest BCUT2D eigenvalue weighted by molar-refractivity contribution is 5.78. The van der Waals surface area contributed by atoms with E-state index in [4.69, 9.17) is 4.74 Å². The van der Waals surface area contributed by atoms with Crippen molar-refractivity contribution in [3.8, 4) is 0 Å². The third kappa shape index (κ3) is 6.36. The zero-order chi connectivity index (χ0) is 14.3. The summed E-state index contributed by atoms with van der Waals surface area (Å²) in [6, 6.07) is 0. The fraction of sp³-hybridized carbons (Fsp3) is 0.929. The van der Waals surface area contributed by atoms with Crippen LogP contribution < -0.4 is 5.32 Å². The fourth-order valence-corrected chi connectivity index (χ4v) is 2.33. The second kappa shape index (κ2) is 8.51. The quantitative estimate of drug-likeness (QED) is 0.707. The van der Waals surface area contributed by atoms with Crippen molar-refractivity contribution < 1.29 is 14.6 Å². The number of carbonyl (C=O) groups excluding carboxylic acids is 1. The van der Waals surface area contributed by atoms with Gasteiger partial charge in [0.25, 0.3) is 0 Å². The molecule has 5 nitrogen and oxygen atoms in total. The van der Waals surface area contributed by atoms with Gasteiger partial charge in [0, 0.05) is 20.2 Å². The van der Waals surface area contributed by atoms with Crippen LogP contribution in [0.25, 0.3) is 0 Å². The SMILES string of the molecule is COCC(C)C(=O)NCC(O)CN1CCC(C)CC1. The van der Waals surface area contributed by atoms with Crippen LogP contribution in [0.1, 0.15) is 26.7 Å². The number of β-amino-alcohol motifs (C(OH)–C–C–N with tert-alkyl or cyclic N) is 1. The molecule has 0 saturated carbocycles. The molecular formula is C14H28N2O3. The zero-order valence-electron chi connectivity index (χ0n) is 12.4. The lowest BCUT2D eigenvalue weighted by Gasteiger charge is -2.31. The van der Waals surface area contributed by atoms with Crippen molar-refractivity contribution in [1.29, 1.82) is 0 Å². The number of carbonyl (C=O) groups is 1. The molecule has 2 unspecified atom stereocenters. The van der Waals surface area contributed by atoms with E-state index < -0.39 is 6.10 Å². The Balaban J connectivity index is 2.17. The summed E-state index contributed by atoms with van der Waals surface area (Å²) in [5.74, 6) is 0.559. The summed E-state index contributed by atoms with van der Waals surface area (Å²) >= 11 is 0. The zero-order valence-corrected chi connectivity index (χ0v) is 12.4. The predicted octanol–water partition coefficient (Wildman–Crippen LogP) is 0.478. The van der Waals surface area contributed by atoms with Crippen molar-refractivity contribution in [2.75, 3.05) is 39.9 Å². The molecule has 1 aliphatic heterocycles. The number of nitrogens with one attached hydrogen (secondary N) is 1. The Morgan fingerprint density at radius 3 is 2.68 bits per heavy atom. The van der Waals surface area contributed by atoms with E-state index in [1.54, 1.807) is 7.11 Å². The molecule has 0 bridgehead atoms. The number of nitrogens with zero attached hydrogens (tertiary/aromatic N) is 1. The highest BCUT2D eigenvalue weighted by Gasteiger charge is 2.19. The standard InChI is InChI=1S/C14H28N2O3/c1-11-4-6-16(7-5-11)9-13(17)8-15-14(18)12(2)10-19-3/h11-13,17H,4-10H2,1-3H3,(H,15,18). The molecule has 5 heteroatoms. The molecule has 0 radical (unpaired) electrons. The van der Waals surface area contributed by atoms with Gasteiger partial charge in [-0.1, -0.05) is 13.8 Å². The Kier molecular flexibility index (Phi) is 7.34. The minimum absolute atomic E-state index is 0.0619. The number of aliphatic hydroxyl groups excluding tert-OH is 1. The lowest BCUT2D eigenvalue weighted by molar-refractivity contribution is -0.126. The normalized spacial score (nSPS) is 21.1. The van der Waals surface area contributed by atoms with Gasteiger partial charge in [-0.3, -0.25) is 4.79 Å². The Morgan fingerprint density at radius 1 is 1.47 bits per heavy atom. The van der Waals surface area contributed by atoms with Crippen LogP contribution in [0.3, 0.4) is 0 Å². The molecule has 1 rings (SSSR count). The van der Waals surface area contributed by atoms with Crippen molar-refractivity contribution in [2.45, 2.75) is 32.8 Å². The van der Waals surface area contributed by atoms with E-state index in [2.05, 4.69) is 17.1 Å². The maximum absolute atomic E-state index is 11.7. The molecule has 1 saturated heterocycles. The molecule has 1 heterocycles. The second-order valence-electron chi connectivity index (χ2n) is 5.74. The summed E-state index contributed by atoms with van der Waals surface area (Å²) in [7, 11) is 1.58. The molecule has 19 heavy (non-hydrogen) atoms. The van der Waals surface area contributed by atoms with Crippen molar-refractivity contribution in [3.63, 3.8) is 0 Å². The first-order chi connectivity index (χ1) is 9.02. The maximum atomic E-state index is 11.7. The Morgan fingerprint density at radius 2 is 2.11 bits per heavy atom. The maximum Gasteiger partial charge on any atom is 0.225 e. The minimum atomic E-state index is -0.493. The van der Waals surface area contributed by atoms with E-state index in [9.17, 15) is 9.90 Å². The van der Waals surface area contributed by atoms with Crippen molar-refractivity contribution in [3.05, 3.63) is 0 Å². The molecule has 0 aromatic heterocycles. The van der Waals surface area contributed by atoms with Gasteiger partial charge in [-0.15, -0.1) is 0 Å². The van der Waals surface area contributed by atoms with Gasteiger partial charge < -0.3 is 20.1 Å². The van der Waals surface area contributed by atoms with Crippen LogP contribution in [0.2, 0.25) is 0 Å². The average Bonchev–Trinajstić information content (AvgIpc) is 2.39. The molecule has 1 amide bonds. The fourth-order valence-electron chi connectivity index (χ4n) is 2.33. The first kappa shape index (κ1) is 16.4. The number of rotatable bonds is 7. The molecular weight excluding hydrogens is 244 g/mol. The van der Waals surface area contributed by atoms with Gasteiger partial charge in [-0.2, -0.15) is 0 Å². The number of aliphatic hydroxyl groups is 1. The minimum Gasteiger partial charge on any atom is -0.390 e. The number of likely N-dealkylation sites (tertiary alicyclic amines) is 1. The van der Waals surface area contributed by atoms with Crippen molar-refractivity contribution in [2.24, 2.45) is 11.8 Å². The van der Waals surface area contributed by atoms with Crippen LogP contribution >= 0.6 is 0 Å². The number of methoxy groups -OCH3 is 1. The van der Waals surface area contributed by atoms with E-state index in [1.165, 1.54) is 12.8 Å². The van der Waals surface area contributed by atoms with Gasteiger partial charge in [-0.05, 0) is 31.8 Å². The summed E-state index contributed by atoms with van der Waals surface area (Å²) in [4.78, 5) is 13.9. The summed E-state index contributed by atoms with van der Waals surface area (Å²) in [6.07, 6.45) is 1.90. The van der Waals surface area contributed by atoms with Crippen LogP contribution in [0, 0.1) is 11.8 Å². The van der Waals surface area contributed by atoms with E-state index >= 15 is 0 Å². The number of amides is 1. The number of hydrogen-bond donors (Lipinski definition) is 2. The van der Waals surface area contributed by atoms with E-state index in [-0.39, 0.29) is 11.8 Å². The highest BCUT2D eigenvalue weighted by Crippen LogP contribution is 2.15. The van der Waals surface area contributed by atoms with Crippen molar-refractivity contribution in [1.82, 2.24) is 10.2 Å². The van der Waals surface area contributed by atoms with Crippen LogP contribution in [-0.4, -0.2) is 61.9 Å². The topological polar surface area (TPSA) is 61.8 Å².